The standard InChI is InChI=1S/C13H17BrClNO/c1-17-8-11-12(14)6-9(7-13(11)15)5-10-3-2-4-16-10/h6-7,10,16H,2-5,8H2,1H3. The number of ether oxygens (including phenoxy) is 1. The van der Waals surface area contributed by atoms with E-state index in [-0.39, 0.29) is 0 Å². The van der Waals surface area contributed by atoms with Crippen LogP contribution in [-0.2, 0) is 17.8 Å². The summed E-state index contributed by atoms with van der Waals surface area (Å²) in [5, 5.41) is 4.29. The van der Waals surface area contributed by atoms with Gasteiger partial charge in [-0.25, -0.2) is 0 Å². The summed E-state index contributed by atoms with van der Waals surface area (Å²) < 4.78 is 6.18. The van der Waals surface area contributed by atoms with Gasteiger partial charge in [-0.3, -0.25) is 0 Å². The summed E-state index contributed by atoms with van der Waals surface area (Å²) >= 11 is 9.83. The molecule has 1 unspecified atom stereocenters. The number of rotatable bonds is 4. The molecule has 1 heterocycles. The summed E-state index contributed by atoms with van der Waals surface area (Å²) in [5.74, 6) is 0. The molecular formula is C13H17BrClNO. The normalized spacial score (nSPS) is 19.8. The quantitative estimate of drug-likeness (QED) is 0.917. The zero-order valence-corrected chi connectivity index (χ0v) is 12.3. The van der Waals surface area contributed by atoms with Gasteiger partial charge in [-0.15, -0.1) is 0 Å². The van der Waals surface area contributed by atoms with Crippen molar-refractivity contribution in [3.63, 3.8) is 0 Å². The van der Waals surface area contributed by atoms with Crippen molar-refractivity contribution in [3.8, 4) is 0 Å². The molecule has 2 nitrogen and oxygen atoms in total. The van der Waals surface area contributed by atoms with E-state index in [2.05, 4.69) is 33.4 Å². The van der Waals surface area contributed by atoms with Gasteiger partial charge in [-0.2, -0.15) is 0 Å². The van der Waals surface area contributed by atoms with Crippen molar-refractivity contribution in [2.75, 3.05) is 13.7 Å². The topological polar surface area (TPSA) is 21.3 Å². The first kappa shape index (κ1) is 13.3. The lowest BCUT2D eigenvalue weighted by atomic mass is 10.0. The molecule has 1 aromatic carbocycles. The fourth-order valence-corrected chi connectivity index (χ4v) is 3.30. The molecular weight excluding hydrogens is 302 g/mol. The molecule has 94 valence electrons. The molecule has 1 atom stereocenters. The van der Waals surface area contributed by atoms with Crippen LogP contribution in [0.3, 0.4) is 0 Å². The van der Waals surface area contributed by atoms with Gasteiger partial charge in [-0.05, 0) is 43.5 Å². The Bertz CT molecular complexity index is 368. The Labute approximate surface area is 116 Å². The average molecular weight is 319 g/mol. The van der Waals surface area contributed by atoms with E-state index >= 15 is 0 Å². The van der Waals surface area contributed by atoms with E-state index in [0.29, 0.717) is 12.6 Å². The maximum atomic E-state index is 6.27. The van der Waals surface area contributed by atoms with Gasteiger partial charge in [0.25, 0.3) is 0 Å². The van der Waals surface area contributed by atoms with Crippen LogP contribution < -0.4 is 5.32 Å². The summed E-state index contributed by atoms with van der Waals surface area (Å²) in [6, 6.07) is 4.81. The van der Waals surface area contributed by atoms with E-state index in [1.54, 1.807) is 7.11 Å². The molecule has 1 N–H and O–H groups in total. The summed E-state index contributed by atoms with van der Waals surface area (Å²) in [6.07, 6.45) is 3.59. The number of nitrogens with one attached hydrogen (secondary N) is 1. The molecule has 1 aliphatic heterocycles. The fraction of sp³-hybridized carbons (Fsp3) is 0.538. The van der Waals surface area contributed by atoms with Crippen LogP contribution >= 0.6 is 27.5 Å². The molecule has 1 aromatic rings. The molecule has 0 saturated carbocycles. The van der Waals surface area contributed by atoms with Gasteiger partial charge in [0.15, 0.2) is 0 Å². The Morgan fingerprint density at radius 3 is 2.94 bits per heavy atom. The van der Waals surface area contributed by atoms with E-state index in [1.807, 2.05) is 0 Å². The highest BCUT2D eigenvalue weighted by Gasteiger charge is 2.16. The molecule has 2 rings (SSSR count). The Morgan fingerprint density at radius 1 is 1.53 bits per heavy atom. The summed E-state index contributed by atoms with van der Waals surface area (Å²) in [5.41, 5.74) is 2.30. The van der Waals surface area contributed by atoms with Crippen LogP contribution in [0.1, 0.15) is 24.0 Å². The van der Waals surface area contributed by atoms with E-state index in [4.69, 9.17) is 16.3 Å². The molecule has 4 heteroatoms. The van der Waals surface area contributed by atoms with Crippen molar-refractivity contribution in [1.82, 2.24) is 5.32 Å². The minimum Gasteiger partial charge on any atom is -0.380 e. The van der Waals surface area contributed by atoms with Crippen molar-refractivity contribution in [2.24, 2.45) is 0 Å². The van der Waals surface area contributed by atoms with Crippen LogP contribution in [0.5, 0.6) is 0 Å². The van der Waals surface area contributed by atoms with Gasteiger partial charge in [0.1, 0.15) is 0 Å². The van der Waals surface area contributed by atoms with Gasteiger partial charge in [-0.1, -0.05) is 27.5 Å². The highest BCUT2D eigenvalue weighted by molar-refractivity contribution is 9.10. The maximum Gasteiger partial charge on any atom is 0.0738 e. The van der Waals surface area contributed by atoms with Gasteiger partial charge in [0, 0.05) is 28.2 Å². The van der Waals surface area contributed by atoms with Crippen molar-refractivity contribution in [3.05, 3.63) is 32.8 Å². The molecule has 0 aliphatic carbocycles. The predicted octanol–water partition coefficient (Wildman–Crippen LogP) is 3.54. The van der Waals surface area contributed by atoms with Crippen molar-refractivity contribution in [2.45, 2.75) is 31.9 Å². The first-order valence-electron chi connectivity index (χ1n) is 5.90. The van der Waals surface area contributed by atoms with Crippen molar-refractivity contribution in [1.29, 1.82) is 0 Å². The molecule has 1 aliphatic rings. The van der Waals surface area contributed by atoms with E-state index in [9.17, 15) is 0 Å². The molecule has 1 fully saturated rings. The van der Waals surface area contributed by atoms with Crippen LogP contribution in [0, 0.1) is 0 Å². The minimum atomic E-state index is 0.543. The summed E-state index contributed by atoms with van der Waals surface area (Å²) in [7, 11) is 1.68. The highest BCUT2D eigenvalue weighted by Crippen LogP contribution is 2.28. The lowest BCUT2D eigenvalue weighted by Gasteiger charge is -2.13. The van der Waals surface area contributed by atoms with Crippen molar-refractivity contribution >= 4 is 27.5 Å². The Hall–Kier alpha value is -0.0900. The molecule has 1 saturated heterocycles. The number of halogens is 2. The maximum absolute atomic E-state index is 6.27. The second-order valence-electron chi connectivity index (χ2n) is 4.47. The van der Waals surface area contributed by atoms with Crippen LogP contribution in [0.15, 0.2) is 16.6 Å². The number of hydrogen-bond donors (Lipinski definition) is 1. The molecule has 0 amide bonds. The molecule has 0 radical (unpaired) electrons. The van der Waals surface area contributed by atoms with Crippen LogP contribution in [0.4, 0.5) is 0 Å². The predicted molar refractivity (Wildman–Crippen MR) is 74.6 cm³/mol. The third kappa shape index (κ3) is 3.44. The van der Waals surface area contributed by atoms with E-state index in [1.165, 1.54) is 18.4 Å². The van der Waals surface area contributed by atoms with Gasteiger partial charge >= 0.3 is 0 Å². The number of methoxy groups -OCH3 is 1. The zero-order valence-electron chi connectivity index (χ0n) is 9.93. The first-order chi connectivity index (χ1) is 8.20. The molecule has 17 heavy (non-hydrogen) atoms. The van der Waals surface area contributed by atoms with Crippen LogP contribution in [0.2, 0.25) is 5.02 Å². The summed E-state index contributed by atoms with van der Waals surface area (Å²) in [4.78, 5) is 0. The van der Waals surface area contributed by atoms with E-state index in [0.717, 1.165) is 28.0 Å². The number of benzene rings is 1. The Morgan fingerprint density at radius 2 is 2.35 bits per heavy atom. The minimum absolute atomic E-state index is 0.543. The molecule has 0 spiro atoms. The first-order valence-corrected chi connectivity index (χ1v) is 7.07. The smallest absolute Gasteiger partial charge is 0.0738 e. The Kier molecular flexibility index (Phi) is 4.86. The Balaban J connectivity index is 2.13. The largest absolute Gasteiger partial charge is 0.380 e. The fourth-order valence-electron chi connectivity index (χ4n) is 2.27. The van der Waals surface area contributed by atoms with Gasteiger partial charge < -0.3 is 10.1 Å². The van der Waals surface area contributed by atoms with E-state index < -0.39 is 0 Å². The van der Waals surface area contributed by atoms with Gasteiger partial charge in [0.05, 0.1) is 6.61 Å². The SMILES string of the molecule is COCc1c(Cl)cc(CC2CCCN2)cc1Br. The monoisotopic (exact) mass is 317 g/mol. The second-order valence-corrected chi connectivity index (χ2v) is 5.73. The lowest BCUT2D eigenvalue weighted by molar-refractivity contribution is 0.184. The van der Waals surface area contributed by atoms with Crippen molar-refractivity contribution < 1.29 is 4.74 Å². The number of hydrogen-bond acceptors (Lipinski definition) is 2. The third-order valence-corrected chi connectivity index (χ3v) is 4.18. The summed E-state index contributed by atoms with van der Waals surface area (Å²) in [6.45, 7) is 1.68. The average Bonchev–Trinajstić information content (AvgIpc) is 2.76. The highest BCUT2D eigenvalue weighted by atomic mass is 79.9. The van der Waals surface area contributed by atoms with Crippen LogP contribution in [-0.4, -0.2) is 19.7 Å². The molecule has 0 aromatic heterocycles. The van der Waals surface area contributed by atoms with Crippen LogP contribution in [0.25, 0.3) is 0 Å². The lowest BCUT2D eigenvalue weighted by Crippen LogP contribution is -2.23. The molecule has 0 bridgehead atoms. The second kappa shape index (κ2) is 6.19. The van der Waals surface area contributed by atoms with Gasteiger partial charge in [0.2, 0.25) is 0 Å². The third-order valence-electron chi connectivity index (χ3n) is 3.13. The zero-order chi connectivity index (χ0) is 12.3.